The molecule has 0 aliphatic carbocycles. The van der Waals surface area contributed by atoms with Gasteiger partial charge in [-0.1, -0.05) is 38.1 Å². The molecule has 3 rings (SSSR count). The predicted molar refractivity (Wildman–Crippen MR) is 157 cm³/mol. The minimum Gasteiger partial charge on any atom is -0.508 e. The van der Waals surface area contributed by atoms with Gasteiger partial charge in [-0.15, -0.1) is 0 Å². The smallest absolute Gasteiger partial charge is 0.326 e. The molecule has 230 valence electrons. The van der Waals surface area contributed by atoms with E-state index in [0.717, 1.165) is 0 Å². The molecule has 1 aromatic heterocycles. The van der Waals surface area contributed by atoms with E-state index in [4.69, 9.17) is 5.73 Å². The molecular weight excluding hydrogens is 556 g/mol. The van der Waals surface area contributed by atoms with Gasteiger partial charge in [-0.3, -0.25) is 14.4 Å². The van der Waals surface area contributed by atoms with Crippen LogP contribution in [0.3, 0.4) is 0 Å². The maximum Gasteiger partial charge on any atom is 0.326 e. The Morgan fingerprint density at radius 2 is 1.23 bits per heavy atom. The second kappa shape index (κ2) is 15.4. The molecule has 3 aromatic rings. The highest BCUT2D eigenvalue weighted by Gasteiger charge is 2.31. The minimum absolute atomic E-state index is 0.0149. The number of hydrogen-bond acceptors (Lipinski definition) is 8. The number of carboxylic acids is 1. The number of carbonyl (C=O) groups excluding carboxylic acids is 3. The van der Waals surface area contributed by atoms with Crippen molar-refractivity contribution in [2.75, 3.05) is 0 Å². The molecule has 13 heteroatoms. The first-order valence-electron chi connectivity index (χ1n) is 13.8. The van der Waals surface area contributed by atoms with Gasteiger partial charge >= 0.3 is 5.97 Å². The number of nitrogens with two attached hydrogens (primary N) is 1. The van der Waals surface area contributed by atoms with Crippen LogP contribution in [0, 0.1) is 5.92 Å². The molecule has 9 N–H and O–H groups in total. The van der Waals surface area contributed by atoms with Crippen molar-refractivity contribution >= 4 is 23.7 Å². The summed E-state index contributed by atoms with van der Waals surface area (Å²) in [6.07, 6.45) is 3.18. The Bertz CT molecular complexity index is 1360. The number of carboxylic acid groups (broad SMARTS) is 1. The summed E-state index contributed by atoms with van der Waals surface area (Å²) in [6, 6.07) is 7.43. The van der Waals surface area contributed by atoms with Crippen LogP contribution in [0.2, 0.25) is 0 Å². The van der Waals surface area contributed by atoms with Crippen molar-refractivity contribution in [2.24, 2.45) is 11.7 Å². The van der Waals surface area contributed by atoms with Crippen molar-refractivity contribution in [1.82, 2.24) is 25.9 Å². The van der Waals surface area contributed by atoms with E-state index < -0.39 is 47.9 Å². The molecule has 0 unspecified atom stereocenters. The molecule has 13 nitrogen and oxygen atoms in total. The third-order valence-electron chi connectivity index (χ3n) is 6.67. The summed E-state index contributed by atoms with van der Waals surface area (Å²) in [5, 5.41) is 36.8. The van der Waals surface area contributed by atoms with Gasteiger partial charge in [0.2, 0.25) is 17.7 Å². The average molecular weight is 595 g/mol. The maximum absolute atomic E-state index is 13.6. The number of imidazole rings is 1. The first kappa shape index (κ1) is 32.6. The summed E-state index contributed by atoms with van der Waals surface area (Å²) in [6.45, 7) is 3.83. The van der Waals surface area contributed by atoms with E-state index in [0.29, 0.717) is 23.2 Å². The number of rotatable bonds is 15. The molecule has 4 atom stereocenters. The Hall–Kier alpha value is -4.91. The van der Waals surface area contributed by atoms with Crippen molar-refractivity contribution in [3.63, 3.8) is 0 Å². The van der Waals surface area contributed by atoms with E-state index in [1.165, 1.54) is 36.8 Å². The normalized spacial score (nSPS) is 13.9. The van der Waals surface area contributed by atoms with Gasteiger partial charge in [0.25, 0.3) is 0 Å². The fourth-order valence-electron chi connectivity index (χ4n) is 4.41. The number of aromatic hydroxyl groups is 2. The molecule has 1 heterocycles. The summed E-state index contributed by atoms with van der Waals surface area (Å²) in [7, 11) is 0. The van der Waals surface area contributed by atoms with Crippen LogP contribution in [0.4, 0.5) is 0 Å². The second-order valence-corrected chi connectivity index (χ2v) is 10.8. The van der Waals surface area contributed by atoms with Crippen molar-refractivity contribution in [1.29, 1.82) is 0 Å². The molecule has 0 radical (unpaired) electrons. The maximum atomic E-state index is 13.6. The lowest BCUT2D eigenvalue weighted by Crippen LogP contribution is -2.58. The highest BCUT2D eigenvalue weighted by atomic mass is 16.4. The fraction of sp³-hybridized carbons (Fsp3) is 0.367. The molecule has 2 aromatic carbocycles. The zero-order valence-corrected chi connectivity index (χ0v) is 24.0. The number of phenols is 2. The van der Waals surface area contributed by atoms with Gasteiger partial charge in [-0.25, -0.2) is 9.78 Å². The molecule has 0 saturated heterocycles. The van der Waals surface area contributed by atoms with Crippen LogP contribution < -0.4 is 21.7 Å². The summed E-state index contributed by atoms with van der Waals surface area (Å²) in [4.78, 5) is 58.8. The number of aromatic nitrogens is 2. The number of aliphatic carboxylic acids is 1. The number of benzene rings is 2. The highest BCUT2D eigenvalue weighted by Crippen LogP contribution is 2.14. The standard InChI is InChI=1S/C30H38N6O7/c1-17(2)11-23(31)27(39)34-24(12-18-3-7-21(37)8-4-18)28(40)35-25(14-20-15-32-16-33-20)29(41)36-26(30(42)43)13-19-5-9-22(38)10-6-19/h3-10,15-17,23-26,37-38H,11-14,31H2,1-2H3,(H,32,33)(H,34,39)(H,35,40)(H,36,41)(H,42,43)/t23-,24-,25-,26-/m0/s1. The summed E-state index contributed by atoms with van der Waals surface area (Å²) in [5.74, 6) is -3.10. The highest BCUT2D eigenvalue weighted by molar-refractivity contribution is 5.94. The summed E-state index contributed by atoms with van der Waals surface area (Å²) < 4.78 is 0. The zero-order valence-electron chi connectivity index (χ0n) is 24.0. The number of phenolic OH excluding ortho intramolecular Hbond substituents is 2. The van der Waals surface area contributed by atoms with Crippen LogP contribution in [0.5, 0.6) is 11.5 Å². The monoisotopic (exact) mass is 594 g/mol. The van der Waals surface area contributed by atoms with Crippen LogP contribution in [0.25, 0.3) is 0 Å². The number of hydrogen-bond donors (Lipinski definition) is 8. The Morgan fingerprint density at radius 1 is 0.767 bits per heavy atom. The van der Waals surface area contributed by atoms with Crippen LogP contribution in [-0.2, 0) is 38.4 Å². The van der Waals surface area contributed by atoms with Gasteiger partial charge in [0.15, 0.2) is 0 Å². The molecular formula is C30H38N6O7. The van der Waals surface area contributed by atoms with E-state index in [1.54, 1.807) is 24.3 Å². The first-order valence-corrected chi connectivity index (χ1v) is 13.8. The van der Waals surface area contributed by atoms with E-state index in [-0.39, 0.29) is 36.7 Å². The predicted octanol–water partition coefficient (Wildman–Crippen LogP) is 0.761. The number of aromatic amines is 1. The van der Waals surface area contributed by atoms with Gasteiger partial charge < -0.3 is 42.0 Å². The molecule has 0 aliphatic rings. The molecule has 0 spiro atoms. The number of amides is 3. The molecule has 0 fully saturated rings. The lowest BCUT2D eigenvalue weighted by atomic mass is 10.0. The van der Waals surface area contributed by atoms with Crippen LogP contribution in [-0.4, -0.2) is 73.1 Å². The van der Waals surface area contributed by atoms with E-state index in [2.05, 4.69) is 25.9 Å². The van der Waals surface area contributed by atoms with Gasteiger partial charge in [0, 0.05) is 31.2 Å². The SMILES string of the molecule is CC(C)C[C@H](N)C(=O)N[C@@H](Cc1ccc(O)cc1)C(=O)N[C@@H](Cc1cnc[nH]1)C(=O)N[C@@H](Cc1ccc(O)cc1)C(=O)O. The second-order valence-electron chi connectivity index (χ2n) is 10.8. The fourth-order valence-corrected chi connectivity index (χ4v) is 4.41. The topological polar surface area (TPSA) is 220 Å². The molecule has 0 aliphatic heterocycles. The lowest BCUT2D eigenvalue weighted by Gasteiger charge is -2.25. The van der Waals surface area contributed by atoms with Crippen LogP contribution >= 0.6 is 0 Å². The van der Waals surface area contributed by atoms with E-state index in [9.17, 15) is 34.5 Å². The van der Waals surface area contributed by atoms with Crippen molar-refractivity contribution in [2.45, 2.75) is 63.7 Å². The Labute approximate surface area is 248 Å². The van der Waals surface area contributed by atoms with E-state index in [1.807, 2.05) is 13.8 Å². The number of H-pyrrole nitrogens is 1. The zero-order chi connectivity index (χ0) is 31.5. The third-order valence-corrected chi connectivity index (χ3v) is 6.67. The first-order chi connectivity index (χ1) is 20.4. The summed E-state index contributed by atoms with van der Waals surface area (Å²) in [5.41, 5.74) is 7.75. The lowest BCUT2D eigenvalue weighted by molar-refractivity contribution is -0.142. The van der Waals surface area contributed by atoms with Gasteiger partial charge in [0.05, 0.1) is 12.4 Å². The molecule has 3 amide bonds. The largest absolute Gasteiger partial charge is 0.508 e. The van der Waals surface area contributed by atoms with Crippen LogP contribution in [0.15, 0.2) is 61.1 Å². The van der Waals surface area contributed by atoms with Crippen molar-refractivity contribution < 1.29 is 34.5 Å². The number of nitrogens with zero attached hydrogens (tertiary/aromatic N) is 1. The Balaban J connectivity index is 1.82. The third kappa shape index (κ3) is 10.5. The Morgan fingerprint density at radius 3 is 1.70 bits per heavy atom. The van der Waals surface area contributed by atoms with Crippen molar-refractivity contribution in [3.05, 3.63) is 77.9 Å². The van der Waals surface area contributed by atoms with Crippen molar-refractivity contribution in [3.8, 4) is 11.5 Å². The Kier molecular flexibility index (Phi) is 11.6. The average Bonchev–Trinajstić information content (AvgIpc) is 3.47. The van der Waals surface area contributed by atoms with Gasteiger partial charge in [-0.05, 0) is 47.7 Å². The summed E-state index contributed by atoms with van der Waals surface area (Å²) >= 11 is 0. The van der Waals surface area contributed by atoms with Gasteiger partial charge in [0.1, 0.15) is 29.6 Å². The number of carbonyl (C=O) groups is 4. The van der Waals surface area contributed by atoms with Gasteiger partial charge in [-0.2, -0.15) is 0 Å². The molecule has 0 saturated carbocycles. The van der Waals surface area contributed by atoms with E-state index >= 15 is 0 Å². The van der Waals surface area contributed by atoms with Crippen LogP contribution in [0.1, 0.15) is 37.1 Å². The molecule has 43 heavy (non-hydrogen) atoms. The molecule has 0 bridgehead atoms. The quantitative estimate of drug-likeness (QED) is 0.124. The minimum atomic E-state index is -1.33. The number of nitrogens with one attached hydrogen (secondary N) is 4.